The molecule has 1 aliphatic heterocycles. The number of rotatable bonds is 3. The Morgan fingerprint density at radius 3 is 2.95 bits per heavy atom. The summed E-state index contributed by atoms with van der Waals surface area (Å²) < 4.78 is 13.1. The van der Waals surface area contributed by atoms with Crippen LogP contribution in [0.15, 0.2) is 18.2 Å². The van der Waals surface area contributed by atoms with E-state index in [1.54, 1.807) is 13.0 Å². The summed E-state index contributed by atoms with van der Waals surface area (Å²) in [6.45, 7) is 2.57. The summed E-state index contributed by atoms with van der Waals surface area (Å²) in [5, 5.41) is 9.09. The van der Waals surface area contributed by atoms with Gasteiger partial charge in [-0.05, 0) is 56.4 Å². The molecule has 0 aromatic heterocycles. The number of likely N-dealkylation sites (tertiary alicyclic amines) is 1. The van der Waals surface area contributed by atoms with E-state index in [1.165, 1.54) is 12.1 Å². The maximum absolute atomic E-state index is 13.1. The van der Waals surface area contributed by atoms with Gasteiger partial charge >= 0.3 is 0 Å². The Labute approximate surface area is 113 Å². The number of amides is 1. The van der Waals surface area contributed by atoms with E-state index < -0.39 is 0 Å². The second kappa shape index (κ2) is 6.15. The molecule has 1 unspecified atom stereocenters. The average molecular weight is 265 g/mol. The topological polar surface area (TPSA) is 40.5 Å². The van der Waals surface area contributed by atoms with Gasteiger partial charge in [0.05, 0.1) is 0 Å². The van der Waals surface area contributed by atoms with Crippen molar-refractivity contribution in [2.24, 2.45) is 0 Å². The normalized spacial score (nSPS) is 19.5. The Balaban J connectivity index is 2.21. The minimum absolute atomic E-state index is 0.0457. The van der Waals surface area contributed by atoms with Gasteiger partial charge in [-0.3, -0.25) is 4.79 Å². The first kappa shape index (κ1) is 14.0. The Morgan fingerprint density at radius 1 is 1.47 bits per heavy atom. The second-order valence-corrected chi connectivity index (χ2v) is 5.12. The van der Waals surface area contributed by atoms with E-state index in [0.29, 0.717) is 17.5 Å². The molecular weight excluding hydrogens is 245 g/mol. The van der Waals surface area contributed by atoms with Crippen LogP contribution < -0.4 is 0 Å². The molecule has 4 heteroatoms. The van der Waals surface area contributed by atoms with Crippen molar-refractivity contribution in [1.29, 1.82) is 0 Å². The summed E-state index contributed by atoms with van der Waals surface area (Å²) in [7, 11) is 0. The van der Waals surface area contributed by atoms with Crippen molar-refractivity contribution < 1.29 is 14.3 Å². The van der Waals surface area contributed by atoms with Crippen molar-refractivity contribution >= 4 is 5.91 Å². The Hall–Kier alpha value is -1.42. The maximum Gasteiger partial charge on any atom is 0.254 e. The molecule has 1 saturated heterocycles. The van der Waals surface area contributed by atoms with E-state index in [0.717, 1.165) is 25.8 Å². The van der Waals surface area contributed by atoms with Crippen molar-refractivity contribution in [3.05, 3.63) is 35.1 Å². The minimum atomic E-state index is -0.320. The number of hydrogen-bond acceptors (Lipinski definition) is 2. The monoisotopic (exact) mass is 265 g/mol. The fourth-order valence-corrected chi connectivity index (χ4v) is 2.74. The van der Waals surface area contributed by atoms with Gasteiger partial charge in [0.2, 0.25) is 0 Å². The number of piperidine rings is 1. The van der Waals surface area contributed by atoms with Crippen LogP contribution in [0.5, 0.6) is 0 Å². The van der Waals surface area contributed by atoms with E-state index in [2.05, 4.69) is 0 Å². The smallest absolute Gasteiger partial charge is 0.254 e. The third-order valence-corrected chi connectivity index (χ3v) is 3.77. The highest BCUT2D eigenvalue weighted by Gasteiger charge is 2.27. The molecule has 0 bridgehead atoms. The number of carbonyl (C=O) groups excluding carboxylic acids is 1. The Morgan fingerprint density at radius 2 is 2.26 bits per heavy atom. The zero-order valence-electron chi connectivity index (χ0n) is 11.2. The van der Waals surface area contributed by atoms with Crippen molar-refractivity contribution in [2.75, 3.05) is 13.2 Å². The molecule has 104 valence electrons. The first-order valence-corrected chi connectivity index (χ1v) is 6.81. The highest BCUT2D eigenvalue weighted by molar-refractivity contribution is 5.95. The lowest BCUT2D eigenvalue weighted by Crippen LogP contribution is -2.44. The molecule has 2 rings (SSSR count). The molecule has 1 aromatic carbocycles. The van der Waals surface area contributed by atoms with Gasteiger partial charge in [-0.1, -0.05) is 0 Å². The second-order valence-electron chi connectivity index (χ2n) is 5.12. The molecule has 1 aromatic rings. The quantitative estimate of drug-likeness (QED) is 0.912. The first-order chi connectivity index (χ1) is 9.13. The molecule has 1 amide bonds. The van der Waals surface area contributed by atoms with E-state index in [-0.39, 0.29) is 24.4 Å². The SMILES string of the molecule is Cc1cc(F)ccc1C(=O)N1CCCCC1CCO. The number of aliphatic hydroxyl groups is 1. The molecule has 0 spiro atoms. The van der Waals surface area contributed by atoms with Gasteiger partial charge in [-0.25, -0.2) is 4.39 Å². The maximum atomic E-state index is 13.1. The number of benzene rings is 1. The molecule has 1 heterocycles. The summed E-state index contributed by atoms with van der Waals surface area (Å²) in [5.41, 5.74) is 1.23. The number of nitrogens with zero attached hydrogens (tertiary/aromatic N) is 1. The Kier molecular flexibility index (Phi) is 4.53. The first-order valence-electron chi connectivity index (χ1n) is 6.81. The summed E-state index contributed by atoms with van der Waals surface area (Å²) in [6.07, 6.45) is 3.64. The largest absolute Gasteiger partial charge is 0.396 e. The molecule has 19 heavy (non-hydrogen) atoms. The van der Waals surface area contributed by atoms with Crippen molar-refractivity contribution in [3.63, 3.8) is 0 Å². The van der Waals surface area contributed by atoms with Crippen LogP contribution in [0.1, 0.15) is 41.6 Å². The zero-order chi connectivity index (χ0) is 13.8. The average Bonchev–Trinajstić information content (AvgIpc) is 2.39. The highest BCUT2D eigenvalue weighted by Crippen LogP contribution is 2.23. The van der Waals surface area contributed by atoms with Gasteiger partial charge in [-0.15, -0.1) is 0 Å². The van der Waals surface area contributed by atoms with Crippen LogP contribution in [0.2, 0.25) is 0 Å². The van der Waals surface area contributed by atoms with Crippen LogP contribution in [-0.4, -0.2) is 35.1 Å². The lowest BCUT2D eigenvalue weighted by atomic mass is 9.97. The molecule has 0 aliphatic carbocycles. The molecule has 1 N–H and O–H groups in total. The van der Waals surface area contributed by atoms with Gasteiger partial charge in [-0.2, -0.15) is 0 Å². The molecule has 0 radical (unpaired) electrons. The van der Waals surface area contributed by atoms with Gasteiger partial charge in [0.15, 0.2) is 0 Å². The van der Waals surface area contributed by atoms with Crippen LogP contribution in [0, 0.1) is 12.7 Å². The van der Waals surface area contributed by atoms with Crippen molar-refractivity contribution in [3.8, 4) is 0 Å². The fraction of sp³-hybridized carbons (Fsp3) is 0.533. The summed E-state index contributed by atoms with van der Waals surface area (Å²) in [6, 6.07) is 4.37. The van der Waals surface area contributed by atoms with Crippen LogP contribution in [0.25, 0.3) is 0 Å². The number of aryl methyl sites for hydroxylation is 1. The van der Waals surface area contributed by atoms with E-state index in [1.807, 2.05) is 4.90 Å². The van der Waals surface area contributed by atoms with Gasteiger partial charge in [0.1, 0.15) is 5.82 Å². The summed E-state index contributed by atoms with van der Waals surface area (Å²) in [5.74, 6) is -0.366. The minimum Gasteiger partial charge on any atom is -0.396 e. The van der Waals surface area contributed by atoms with Crippen LogP contribution >= 0.6 is 0 Å². The Bertz CT molecular complexity index is 459. The van der Waals surface area contributed by atoms with E-state index in [4.69, 9.17) is 5.11 Å². The molecule has 1 fully saturated rings. The predicted molar refractivity (Wildman–Crippen MR) is 71.5 cm³/mol. The van der Waals surface area contributed by atoms with Crippen LogP contribution in [0.4, 0.5) is 4.39 Å². The van der Waals surface area contributed by atoms with Gasteiger partial charge in [0.25, 0.3) is 5.91 Å². The fourth-order valence-electron chi connectivity index (χ4n) is 2.74. The third-order valence-electron chi connectivity index (χ3n) is 3.77. The summed E-state index contributed by atoms with van der Waals surface area (Å²) in [4.78, 5) is 14.4. The molecule has 3 nitrogen and oxygen atoms in total. The standard InChI is InChI=1S/C15H20FNO2/c1-11-10-12(16)5-6-14(11)15(19)17-8-3-2-4-13(17)7-9-18/h5-6,10,13,18H,2-4,7-9H2,1H3. The van der Waals surface area contributed by atoms with Crippen molar-refractivity contribution in [2.45, 2.75) is 38.6 Å². The van der Waals surface area contributed by atoms with Gasteiger partial charge < -0.3 is 10.0 Å². The number of halogens is 1. The number of carbonyl (C=O) groups is 1. The van der Waals surface area contributed by atoms with Crippen LogP contribution in [0.3, 0.4) is 0 Å². The zero-order valence-corrected chi connectivity index (χ0v) is 11.2. The number of aliphatic hydroxyl groups excluding tert-OH is 1. The molecule has 0 saturated carbocycles. The lowest BCUT2D eigenvalue weighted by Gasteiger charge is -2.36. The van der Waals surface area contributed by atoms with Crippen molar-refractivity contribution in [1.82, 2.24) is 4.90 Å². The lowest BCUT2D eigenvalue weighted by molar-refractivity contribution is 0.0574. The molecule has 1 aliphatic rings. The molecular formula is C15H20FNO2. The van der Waals surface area contributed by atoms with Gasteiger partial charge in [0, 0.05) is 24.8 Å². The van der Waals surface area contributed by atoms with E-state index in [9.17, 15) is 9.18 Å². The van der Waals surface area contributed by atoms with E-state index >= 15 is 0 Å². The third kappa shape index (κ3) is 3.13. The number of hydrogen-bond donors (Lipinski definition) is 1. The highest BCUT2D eigenvalue weighted by atomic mass is 19.1. The predicted octanol–water partition coefficient (Wildman–Crippen LogP) is 2.51. The van der Waals surface area contributed by atoms with Crippen LogP contribution in [-0.2, 0) is 0 Å². The molecule has 1 atom stereocenters. The summed E-state index contributed by atoms with van der Waals surface area (Å²) >= 11 is 0.